The SMILES string of the molecule is CN(CC(=O)NC(c1nccn1C)C1CC1)C1CCNCC1. The average Bonchev–Trinajstić information content (AvgIpc) is 3.27. The third-order valence-electron chi connectivity index (χ3n) is 4.87. The van der Waals surface area contributed by atoms with Crippen LogP contribution in [0, 0.1) is 5.92 Å². The summed E-state index contributed by atoms with van der Waals surface area (Å²) in [7, 11) is 4.05. The fourth-order valence-corrected chi connectivity index (χ4v) is 3.32. The minimum atomic E-state index is 0.0638. The van der Waals surface area contributed by atoms with Crippen LogP contribution >= 0.6 is 0 Å². The van der Waals surface area contributed by atoms with Crippen molar-refractivity contribution in [2.75, 3.05) is 26.7 Å². The van der Waals surface area contributed by atoms with Gasteiger partial charge in [0.25, 0.3) is 0 Å². The van der Waals surface area contributed by atoms with Gasteiger partial charge >= 0.3 is 0 Å². The summed E-state index contributed by atoms with van der Waals surface area (Å²) in [6.45, 7) is 2.57. The van der Waals surface area contributed by atoms with Crippen LogP contribution < -0.4 is 10.6 Å². The molecule has 1 saturated heterocycles. The van der Waals surface area contributed by atoms with E-state index >= 15 is 0 Å². The Morgan fingerprint density at radius 1 is 1.45 bits per heavy atom. The molecule has 1 unspecified atom stereocenters. The Morgan fingerprint density at radius 2 is 2.18 bits per heavy atom. The maximum absolute atomic E-state index is 12.4. The van der Waals surface area contributed by atoms with Crippen molar-refractivity contribution in [3.05, 3.63) is 18.2 Å². The van der Waals surface area contributed by atoms with Crippen molar-refractivity contribution in [2.45, 2.75) is 37.8 Å². The van der Waals surface area contributed by atoms with E-state index in [-0.39, 0.29) is 11.9 Å². The van der Waals surface area contributed by atoms with Gasteiger partial charge in [-0.25, -0.2) is 4.98 Å². The smallest absolute Gasteiger partial charge is 0.234 e. The van der Waals surface area contributed by atoms with Gasteiger partial charge in [0.2, 0.25) is 5.91 Å². The molecule has 6 nitrogen and oxygen atoms in total. The van der Waals surface area contributed by atoms with Gasteiger partial charge in [0.1, 0.15) is 5.82 Å². The Labute approximate surface area is 132 Å². The van der Waals surface area contributed by atoms with Gasteiger partial charge in [-0.15, -0.1) is 0 Å². The fraction of sp³-hybridized carbons (Fsp3) is 0.750. The van der Waals surface area contributed by atoms with Crippen LogP contribution in [-0.4, -0.2) is 53.1 Å². The summed E-state index contributed by atoms with van der Waals surface area (Å²) in [6.07, 6.45) is 8.35. The molecule has 2 fully saturated rings. The summed E-state index contributed by atoms with van der Waals surface area (Å²) in [5, 5.41) is 6.58. The van der Waals surface area contributed by atoms with Crippen LogP contribution in [0.25, 0.3) is 0 Å². The van der Waals surface area contributed by atoms with Gasteiger partial charge in [0.05, 0.1) is 12.6 Å². The largest absolute Gasteiger partial charge is 0.345 e. The number of imidazole rings is 1. The number of carbonyl (C=O) groups excluding carboxylic acids is 1. The van der Waals surface area contributed by atoms with E-state index in [0.717, 1.165) is 31.8 Å². The first kappa shape index (κ1) is 15.5. The van der Waals surface area contributed by atoms with E-state index in [4.69, 9.17) is 0 Å². The van der Waals surface area contributed by atoms with Gasteiger partial charge in [0.15, 0.2) is 0 Å². The Bertz CT molecular complexity index is 504. The number of hydrogen-bond donors (Lipinski definition) is 2. The van der Waals surface area contributed by atoms with Gasteiger partial charge in [-0.05, 0) is 51.7 Å². The zero-order valence-corrected chi connectivity index (χ0v) is 13.6. The Kier molecular flexibility index (Phi) is 4.78. The molecule has 0 spiro atoms. The summed E-state index contributed by atoms with van der Waals surface area (Å²) in [4.78, 5) is 19.1. The third kappa shape index (κ3) is 3.67. The molecular weight excluding hydrogens is 278 g/mol. The Balaban J connectivity index is 1.56. The quantitative estimate of drug-likeness (QED) is 0.811. The Hall–Kier alpha value is -1.40. The van der Waals surface area contributed by atoms with E-state index < -0.39 is 0 Å². The van der Waals surface area contributed by atoms with Crippen molar-refractivity contribution in [1.82, 2.24) is 25.1 Å². The van der Waals surface area contributed by atoms with Crippen LogP contribution in [0.5, 0.6) is 0 Å². The molecule has 0 radical (unpaired) electrons. The lowest BCUT2D eigenvalue weighted by molar-refractivity contribution is -0.123. The average molecular weight is 305 g/mol. The molecule has 2 heterocycles. The molecule has 2 N–H and O–H groups in total. The summed E-state index contributed by atoms with van der Waals surface area (Å²) in [5.41, 5.74) is 0. The lowest BCUT2D eigenvalue weighted by Crippen LogP contribution is -2.46. The zero-order chi connectivity index (χ0) is 15.5. The maximum Gasteiger partial charge on any atom is 0.234 e. The minimum absolute atomic E-state index is 0.0638. The molecule has 1 atom stereocenters. The van der Waals surface area contributed by atoms with Gasteiger partial charge < -0.3 is 15.2 Å². The van der Waals surface area contributed by atoms with Crippen molar-refractivity contribution in [1.29, 1.82) is 0 Å². The second-order valence-electron chi connectivity index (χ2n) is 6.68. The number of carbonyl (C=O) groups is 1. The normalized spacial score (nSPS) is 21.0. The van der Waals surface area contributed by atoms with E-state index in [1.165, 1.54) is 12.8 Å². The summed E-state index contributed by atoms with van der Waals surface area (Å²) in [6, 6.07) is 0.577. The zero-order valence-electron chi connectivity index (χ0n) is 13.6. The molecule has 22 heavy (non-hydrogen) atoms. The van der Waals surface area contributed by atoms with Crippen LogP contribution in [0.1, 0.15) is 37.5 Å². The number of nitrogens with one attached hydrogen (secondary N) is 2. The lowest BCUT2D eigenvalue weighted by Gasteiger charge is -2.31. The number of aromatic nitrogens is 2. The highest BCUT2D eigenvalue weighted by molar-refractivity contribution is 5.78. The number of piperidine rings is 1. The standard InChI is InChI=1S/C16H27N5O/c1-20-10-9-18-16(20)15(12-3-4-12)19-14(22)11-21(2)13-5-7-17-8-6-13/h9-10,12-13,15,17H,3-8,11H2,1-2H3,(H,19,22). The van der Waals surface area contributed by atoms with E-state index in [9.17, 15) is 4.79 Å². The molecule has 2 aliphatic rings. The van der Waals surface area contributed by atoms with Gasteiger partial charge in [-0.3, -0.25) is 9.69 Å². The number of aryl methyl sites for hydroxylation is 1. The highest BCUT2D eigenvalue weighted by Gasteiger charge is 2.36. The van der Waals surface area contributed by atoms with E-state index in [2.05, 4.69) is 27.6 Å². The van der Waals surface area contributed by atoms with Crippen LogP contribution in [0.3, 0.4) is 0 Å². The van der Waals surface area contributed by atoms with Crippen LogP contribution in [-0.2, 0) is 11.8 Å². The predicted molar refractivity (Wildman–Crippen MR) is 85.3 cm³/mol. The molecule has 3 rings (SSSR count). The van der Waals surface area contributed by atoms with Crippen LogP contribution in [0.2, 0.25) is 0 Å². The Morgan fingerprint density at radius 3 is 2.77 bits per heavy atom. The maximum atomic E-state index is 12.4. The summed E-state index contributed by atoms with van der Waals surface area (Å²) < 4.78 is 2.01. The van der Waals surface area contributed by atoms with Gasteiger partial charge in [-0.2, -0.15) is 0 Å². The number of hydrogen-bond acceptors (Lipinski definition) is 4. The molecule has 1 aromatic rings. The predicted octanol–water partition coefficient (Wildman–Crippen LogP) is 0.671. The van der Waals surface area contributed by atoms with E-state index in [1.807, 2.05) is 17.8 Å². The number of rotatable bonds is 6. The molecular formula is C16H27N5O. The van der Waals surface area contributed by atoms with Crippen molar-refractivity contribution < 1.29 is 4.79 Å². The van der Waals surface area contributed by atoms with Crippen molar-refractivity contribution in [2.24, 2.45) is 13.0 Å². The van der Waals surface area contributed by atoms with E-state index in [1.54, 1.807) is 6.20 Å². The molecule has 1 aliphatic heterocycles. The molecule has 0 aromatic carbocycles. The van der Waals surface area contributed by atoms with Gasteiger partial charge in [0, 0.05) is 25.5 Å². The minimum Gasteiger partial charge on any atom is -0.345 e. The summed E-state index contributed by atoms with van der Waals surface area (Å²) >= 11 is 0. The highest BCUT2D eigenvalue weighted by Crippen LogP contribution is 2.40. The second-order valence-corrected chi connectivity index (χ2v) is 6.68. The van der Waals surface area contributed by atoms with Crippen molar-refractivity contribution >= 4 is 5.91 Å². The lowest BCUT2D eigenvalue weighted by atomic mass is 10.1. The molecule has 1 aromatic heterocycles. The topological polar surface area (TPSA) is 62.2 Å². The number of likely N-dealkylation sites (N-methyl/N-ethyl adjacent to an activating group) is 1. The first-order valence-corrected chi connectivity index (χ1v) is 8.32. The molecule has 122 valence electrons. The third-order valence-corrected chi connectivity index (χ3v) is 4.87. The molecule has 1 aliphatic carbocycles. The molecule has 0 bridgehead atoms. The number of nitrogens with zero attached hydrogens (tertiary/aromatic N) is 3. The summed E-state index contributed by atoms with van der Waals surface area (Å²) in [5.74, 6) is 1.63. The van der Waals surface area contributed by atoms with Gasteiger partial charge in [-0.1, -0.05) is 0 Å². The number of amides is 1. The molecule has 1 amide bonds. The van der Waals surface area contributed by atoms with Crippen LogP contribution in [0.4, 0.5) is 0 Å². The van der Waals surface area contributed by atoms with Crippen molar-refractivity contribution in [3.8, 4) is 0 Å². The molecule has 6 heteroatoms. The van der Waals surface area contributed by atoms with Crippen LogP contribution in [0.15, 0.2) is 12.4 Å². The first-order valence-electron chi connectivity index (χ1n) is 8.32. The fourth-order valence-electron chi connectivity index (χ4n) is 3.32. The first-order chi connectivity index (χ1) is 10.6. The second kappa shape index (κ2) is 6.79. The molecule has 1 saturated carbocycles. The van der Waals surface area contributed by atoms with Crippen molar-refractivity contribution in [3.63, 3.8) is 0 Å². The monoisotopic (exact) mass is 305 g/mol. The highest BCUT2D eigenvalue weighted by atomic mass is 16.2. The van der Waals surface area contributed by atoms with E-state index in [0.29, 0.717) is 18.5 Å².